The lowest BCUT2D eigenvalue weighted by Gasteiger charge is -2.10. The van der Waals surface area contributed by atoms with E-state index in [2.05, 4.69) is 10.1 Å². The van der Waals surface area contributed by atoms with Gasteiger partial charge in [-0.1, -0.05) is 36.4 Å². The highest BCUT2D eigenvalue weighted by atomic mass is 16.5. The standard InChI is InChI=1S/C19H15NO5/c1-11(21)25-17(12-6-4-3-5-7-12)16-14-9-8-13(19(23)24-2)10-15(14)20-18(16)22/h3-10H,1-2H3,(H,20,22)/b17-16-. The van der Waals surface area contributed by atoms with Crippen molar-refractivity contribution < 1.29 is 23.9 Å². The Hall–Kier alpha value is -3.41. The maximum atomic E-state index is 12.5. The minimum Gasteiger partial charge on any atom is -0.465 e. The van der Waals surface area contributed by atoms with Gasteiger partial charge in [0.25, 0.3) is 5.91 Å². The molecule has 0 aliphatic carbocycles. The van der Waals surface area contributed by atoms with Crippen molar-refractivity contribution in [3.05, 3.63) is 65.2 Å². The van der Waals surface area contributed by atoms with Crippen LogP contribution < -0.4 is 5.32 Å². The van der Waals surface area contributed by atoms with E-state index in [0.717, 1.165) is 0 Å². The lowest BCUT2D eigenvalue weighted by molar-refractivity contribution is -0.134. The molecule has 126 valence electrons. The largest absolute Gasteiger partial charge is 0.465 e. The van der Waals surface area contributed by atoms with Gasteiger partial charge < -0.3 is 14.8 Å². The molecule has 1 aliphatic heterocycles. The normalized spacial score (nSPS) is 14.4. The van der Waals surface area contributed by atoms with Gasteiger partial charge >= 0.3 is 11.9 Å². The molecule has 1 amide bonds. The first-order valence-corrected chi connectivity index (χ1v) is 7.53. The molecule has 3 rings (SSSR count). The molecule has 2 aromatic rings. The zero-order chi connectivity index (χ0) is 18.0. The number of carbonyl (C=O) groups excluding carboxylic acids is 3. The summed E-state index contributed by atoms with van der Waals surface area (Å²) < 4.78 is 10.0. The minimum absolute atomic E-state index is 0.176. The third kappa shape index (κ3) is 3.14. The number of hydrogen-bond donors (Lipinski definition) is 1. The second kappa shape index (κ2) is 6.60. The summed E-state index contributed by atoms with van der Waals surface area (Å²) in [6, 6.07) is 13.6. The third-order valence-corrected chi connectivity index (χ3v) is 3.69. The Labute approximate surface area is 144 Å². The highest BCUT2D eigenvalue weighted by Crippen LogP contribution is 2.38. The molecule has 0 radical (unpaired) electrons. The Morgan fingerprint density at radius 3 is 2.36 bits per heavy atom. The Balaban J connectivity index is 2.18. The van der Waals surface area contributed by atoms with Gasteiger partial charge in [-0.2, -0.15) is 0 Å². The lowest BCUT2D eigenvalue weighted by Crippen LogP contribution is -2.09. The number of hydrogen-bond acceptors (Lipinski definition) is 5. The average Bonchev–Trinajstić information content (AvgIpc) is 2.94. The first-order valence-electron chi connectivity index (χ1n) is 7.53. The van der Waals surface area contributed by atoms with Crippen LogP contribution in [0.25, 0.3) is 11.3 Å². The van der Waals surface area contributed by atoms with E-state index in [-0.39, 0.29) is 11.3 Å². The molecule has 1 heterocycles. The number of rotatable bonds is 3. The molecule has 1 N–H and O–H groups in total. The molecule has 0 atom stereocenters. The number of carbonyl (C=O) groups is 3. The third-order valence-electron chi connectivity index (χ3n) is 3.69. The summed E-state index contributed by atoms with van der Waals surface area (Å²) in [5.74, 6) is -1.26. The van der Waals surface area contributed by atoms with Crippen LogP contribution in [0.4, 0.5) is 5.69 Å². The van der Waals surface area contributed by atoms with E-state index in [1.165, 1.54) is 20.1 Å². The van der Waals surface area contributed by atoms with E-state index in [0.29, 0.717) is 22.4 Å². The Morgan fingerprint density at radius 2 is 1.72 bits per heavy atom. The highest BCUT2D eigenvalue weighted by molar-refractivity contribution is 6.36. The number of ether oxygens (including phenoxy) is 2. The molecule has 6 nitrogen and oxygen atoms in total. The lowest BCUT2D eigenvalue weighted by atomic mass is 10.0. The predicted molar refractivity (Wildman–Crippen MR) is 91.4 cm³/mol. The maximum Gasteiger partial charge on any atom is 0.337 e. The van der Waals surface area contributed by atoms with Crippen LogP contribution >= 0.6 is 0 Å². The van der Waals surface area contributed by atoms with Gasteiger partial charge in [-0.3, -0.25) is 9.59 Å². The molecule has 0 saturated carbocycles. The number of amides is 1. The molecule has 6 heteroatoms. The molecule has 25 heavy (non-hydrogen) atoms. The molecule has 2 aromatic carbocycles. The summed E-state index contributed by atoms with van der Waals surface area (Å²) in [4.78, 5) is 35.7. The van der Waals surface area contributed by atoms with E-state index in [1.807, 2.05) is 6.07 Å². The molecule has 1 aliphatic rings. The van der Waals surface area contributed by atoms with Gasteiger partial charge in [0.2, 0.25) is 0 Å². The van der Waals surface area contributed by atoms with Crippen molar-refractivity contribution in [1.82, 2.24) is 0 Å². The van der Waals surface area contributed by atoms with Crippen molar-refractivity contribution in [3.63, 3.8) is 0 Å². The fourth-order valence-electron chi connectivity index (χ4n) is 2.63. The summed E-state index contributed by atoms with van der Waals surface area (Å²) in [5, 5.41) is 2.69. The van der Waals surface area contributed by atoms with Crippen LogP contribution in [0.5, 0.6) is 0 Å². The molecule has 0 saturated heterocycles. The first kappa shape index (κ1) is 16.4. The SMILES string of the molecule is COC(=O)c1ccc2c(c1)NC(=O)/C2=C(\OC(C)=O)c1ccccc1. The number of benzene rings is 2. The van der Waals surface area contributed by atoms with Crippen molar-refractivity contribution in [1.29, 1.82) is 0 Å². The number of nitrogens with one attached hydrogen (secondary N) is 1. The number of fused-ring (bicyclic) bond motifs is 1. The fourth-order valence-corrected chi connectivity index (χ4v) is 2.63. The van der Waals surface area contributed by atoms with Crippen LogP contribution in [0.1, 0.15) is 28.4 Å². The Kier molecular flexibility index (Phi) is 4.35. The van der Waals surface area contributed by atoms with Gasteiger partial charge in [0.1, 0.15) is 0 Å². The summed E-state index contributed by atoms with van der Waals surface area (Å²) in [6.07, 6.45) is 0. The molecule has 0 bridgehead atoms. The zero-order valence-electron chi connectivity index (χ0n) is 13.7. The van der Waals surface area contributed by atoms with Crippen LogP contribution in [0.15, 0.2) is 48.5 Å². The molecule has 0 unspecified atom stereocenters. The van der Waals surface area contributed by atoms with Crippen molar-refractivity contribution in [2.75, 3.05) is 12.4 Å². The Morgan fingerprint density at radius 1 is 1.00 bits per heavy atom. The van der Waals surface area contributed by atoms with E-state index in [4.69, 9.17) is 4.74 Å². The van der Waals surface area contributed by atoms with E-state index < -0.39 is 17.8 Å². The quantitative estimate of drug-likeness (QED) is 0.529. The summed E-state index contributed by atoms with van der Waals surface area (Å²) >= 11 is 0. The van der Waals surface area contributed by atoms with E-state index >= 15 is 0 Å². The van der Waals surface area contributed by atoms with Crippen LogP contribution in [0.3, 0.4) is 0 Å². The Bertz CT molecular complexity index is 899. The molecule has 0 aromatic heterocycles. The summed E-state index contributed by atoms with van der Waals surface area (Å²) in [5.41, 5.74) is 2.18. The van der Waals surface area contributed by atoms with Gasteiger partial charge in [-0.15, -0.1) is 0 Å². The molecule has 0 fully saturated rings. The highest BCUT2D eigenvalue weighted by Gasteiger charge is 2.30. The number of methoxy groups -OCH3 is 1. The predicted octanol–water partition coefficient (Wildman–Crippen LogP) is 2.86. The fraction of sp³-hybridized carbons (Fsp3) is 0.105. The number of anilines is 1. The topological polar surface area (TPSA) is 81.7 Å². The number of esters is 2. The average molecular weight is 337 g/mol. The maximum absolute atomic E-state index is 12.5. The van der Waals surface area contributed by atoms with Gasteiger partial charge in [0.15, 0.2) is 5.76 Å². The van der Waals surface area contributed by atoms with Crippen molar-refractivity contribution >= 4 is 34.9 Å². The second-order valence-electron chi connectivity index (χ2n) is 5.37. The van der Waals surface area contributed by atoms with Gasteiger partial charge in [-0.05, 0) is 12.1 Å². The van der Waals surface area contributed by atoms with Gasteiger partial charge in [0.05, 0.1) is 23.9 Å². The molecule has 0 spiro atoms. The van der Waals surface area contributed by atoms with E-state index in [9.17, 15) is 14.4 Å². The first-order chi connectivity index (χ1) is 12.0. The van der Waals surface area contributed by atoms with Crippen molar-refractivity contribution in [3.8, 4) is 0 Å². The van der Waals surface area contributed by atoms with Crippen LogP contribution in [-0.2, 0) is 19.1 Å². The monoisotopic (exact) mass is 337 g/mol. The second-order valence-corrected chi connectivity index (χ2v) is 5.37. The van der Waals surface area contributed by atoms with Crippen molar-refractivity contribution in [2.24, 2.45) is 0 Å². The van der Waals surface area contributed by atoms with Crippen LogP contribution in [0, 0.1) is 0 Å². The van der Waals surface area contributed by atoms with Crippen LogP contribution in [0.2, 0.25) is 0 Å². The van der Waals surface area contributed by atoms with Crippen LogP contribution in [-0.4, -0.2) is 25.0 Å². The van der Waals surface area contributed by atoms with E-state index in [1.54, 1.807) is 36.4 Å². The minimum atomic E-state index is -0.529. The van der Waals surface area contributed by atoms with Crippen molar-refractivity contribution in [2.45, 2.75) is 6.92 Å². The zero-order valence-corrected chi connectivity index (χ0v) is 13.7. The molecular weight excluding hydrogens is 322 g/mol. The molecular formula is C19H15NO5. The summed E-state index contributed by atoms with van der Waals surface area (Å²) in [7, 11) is 1.29. The smallest absolute Gasteiger partial charge is 0.337 e. The summed E-state index contributed by atoms with van der Waals surface area (Å²) in [6.45, 7) is 1.28. The van der Waals surface area contributed by atoms with Gasteiger partial charge in [-0.25, -0.2) is 4.79 Å². The van der Waals surface area contributed by atoms with Gasteiger partial charge in [0, 0.05) is 18.1 Å².